The number of carboxylic acid groups (broad SMARTS) is 1. The molecule has 112 valence electrons. The summed E-state index contributed by atoms with van der Waals surface area (Å²) in [4.78, 5) is 27.2. The second-order valence-corrected chi connectivity index (χ2v) is 5.59. The molecule has 6 nitrogen and oxygen atoms in total. The molecule has 1 amide bonds. The maximum absolute atomic E-state index is 12.2. The molecule has 0 fully saturated rings. The first-order chi connectivity index (χ1) is 10.0. The van der Waals surface area contributed by atoms with E-state index in [2.05, 4.69) is 10.3 Å². The first-order valence-corrected chi connectivity index (χ1v) is 7.76. The lowest BCUT2D eigenvalue weighted by molar-refractivity contribution is -0.137. The number of aliphatic carboxylic acids is 1. The second kappa shape index (κ2) is 6.62. The Bertz CT molecular complexity index is 669. The van der Waals surface area contributed by atoms with Gasteiger partial charge in [0.15, 0.2) is 10.9 Å². The minimum Gasteiger partial charge on any atom is -0.481 e. The van der Waals surface area contributed by atoms with Crippen molar-refractivity contribution in [1.29, 1.82) is 0 Å². The summed E-state index contributed by atoms with van der Waals surface area (Å²) >= 11 is 1.46. The van der Waals surface area contributed by atoms with Gasteiger partial charge in [-0.25, -0.2) is 4.98 Å². The predicted molar refractivity (Wildman–Crippen MR) is 80.7 cm³/mol. The molecule has 0 aliphatic rings. The summed E-state index contributed by atoms with van der Waals surface area (Å²) in [6, 6.07) is 5.57. The van der Waals surface area contributed by atoms with Gasteiger partial charge in [0, 0.05) is 19.2 Å². The summed E-state index contributed by atoms with van der Waals surface area (Å²) in [6.45, 7) is 2.10. The van der Waals surface area contributed by atoms with E-state index in [1.165, 1.54) is 11.8 Å². The quantitative estimate of drug-likeness (QED) is 0.796. The van der Waals surface area contributed by atoms with Crippen LogP contribution in [0, 0.1) is 5.92 Å². The van der Waals surface area contributed by atoms with E-state index in [9.17, 15) is 9.59 Å². The molecule has 2 rings (SSSR count). The molecule has 2 aromatic rings. The third-order valence-electron chi connectivity index (χ3n) is 3.05. The molecule has 2 N–H and O–H groups in total. The van der Waals surface area contributed by atoms with Crippen LogP contribution in [0.3, 0.4) is 0 Å². The van der Waals surface area contributed by atoms with Gasteiger partial charge >= 0.3 is 5.97 Å². The van der Waals surface area contributed by atoms with E-state index in [0.29, 0.717) is 12.2 Å². The average molecular weight is 307 g/mol. The maximum atomic E-state index is 12.2. The number of thioether (sulfide) groups is 1. The van der Waals surface area contributed by atoms with Crippen LogP contribution in [0.4, 0.5) is 0 Å². The number of imidazole rings is 1. The Hall–Kier alpha value is -2.02. The van der Waals surface area contributed by atoms with Gasteiger partial charge in [0.25, 0.3) is 5.91 Å². The van der Waals surface area contributed by atoms with Crippen molar-refractivity contribution < 1.29 is 14.7 Å². The Morgan fingerprint density at radius 1 is 1.48 bits per heavy atom. The second-order valence-electron chi connectivity index (χ2n) is 4.82. The van der Waals surface area contributed by atoms with Crippen LogP contribution in [-0.4, -0.2) is 39.2 Å². The summed E-state index contributed by atoms with van der Waals surface area (Å²) in [5.74, 6) is -1.27. The van der Waals surface area contributed by atoms with Gasteiger partial charge in [-0.2, -0.15) is 0 Å². The number of fused-ring (bicyclic) bond motifs is 1. The Morgan fingerprint density at radius 3 is 2.90 bits per heavy atom. The molecule has 0 saturated carbocycles. The van der Waals surface area contributed by atoms with Gasteiger partial charge in [0.2, 0.25) is 0 Å². The van der Waals surface area contributed by atoms with Crippen LogP contribution in [0.5, 0.6) is 0 Å². The number of rotatable bonds is 6. The van der Waals surface area contributed by atoms with Crippen molar-refractivity contribution in [1.82, 2.24) is 14.7 Å². The largest absolute Gasteiger partial charge is 0.481 e. The van der Waals surface area contributed by atoms with Gasteiger partial charge in [0.05, 0.1) is 5.52 Å². The highest BCUT2D eigenvalue weighted by molar-refractivity contribution is 7.98. The van der Waals surface area contributed by atoms with Gasteiger partial charge in [-0.1, -0.05) is 24.8 Å². The molecule has 0 aliphatic heterocycles. The van der Waals surface area contributed by atoms with Crippen molar-refractivity contribution >= 4 is 29.2 Å². The van der Waals surface area contributed by atoms with Crippen LogP contribution in [0.1, 0.15) is 23.8 Å². The Balaban J connectivity index is 2.14. The topological polar surface area (TPSA) is 83.7 Å². The number of carbonyl (C=O) groups excluding carboxylic acids is 1. The third kappa shape index (κ3) is 3.55. The first-order valence-electron chi connectivity index (χ1n) is 6.54. The Labute approximate surface area is 126 Å². The summed E-state index contributed by atoms with van der Waals surface area (Å²) in [5, 5.41) is 12.2. The summed E-state index contributed by atoms with van der Waals surface area (Å²) < 4.78 is 1.86. The van der Waals surface area contributed by atoms with Crippen molar-refractivity contribution in [2.24, 2.45) is 5.92 Å². The number of hydrogen-bond acceptors (Lipinski definition) is 4. The molecule has 21 heavy (non-hydrogen) atoms. The molecule has 1 atom stereocenters. The zero-order valence-corrected chi connectivity index (χ0v) is 12.7. The van der Waals surface area contributed by atoms with Crippen LogP contribution in [0.25, 0.3) is 5.52 Å². The monoisotopic (exact) mass is 307 g/mol. The van der Waals surface area contributed by atoms with Gasteiger partial charge in [0.1, 0.15) is 0 Å². The van der Waals surface area contributed by atoms with Gasteiger partial charge in [-0.3, -0.25) is 14.0 Å². The maximum Gasteiger partial charge on any atom is 0.303 e. The third-order valence-corrected chi connectivity index (χ3v) is 3.70. The van der Waals surface area contributed by atoms with Crippen LogP contribution in [0.2, 0.25) is 0 Å². The van der Waals surface area contributed by atoms with Crippen LogP contribution >= 0.6 is 11.8 Å². The number of pyridine rings is 1. The Kier molecular flexibility index (Phi) is 4.85. The van der Waals surface area contributed by atoms with E-state index >= 15 is 0 Å². The predicted octanol–water partition coefficient (Wildman–Crippen LogP) is 1.90. The molecule has 0 radical (unpaired) electrons. The fourth-order valence-electron chi connectivity index (χ4n) is 2.04. The van der Waals surface area contributed by atoms with Crippen molar-refractivity contribution in [3.63, 3.8) is 0 Å². The first kappa shape index (κ1) is 15.4. The number of carbonyl (C=O) groups is 2. The van der Waals surface area contributed by atoms with E-state index in [4.69, 9.17) is 5.11 Å². The van der Waals surface area contributed by atoms with Crippen molar-refractivity contribution in [2.75, 3.05) is 12.8 Å². The smallest absolute Gasteiger partial charge is 0.303 e. The van der Waals surface area contributed by atoms with E-state index < -0.39 is 5.97 Å². The number of hydrogen-bond donors (Lipinski definition) is 2. The lowest BCUT2D eigenvalue weighted by Crippen LogP contribution is -2.29. The molecule has 2 heterocycles. The van der Waals surface area contributed by atoms with E-state index in [1.807, 2.05) is 35.1 Å². The minimum absolute atomic E-state index is 0.0281. The molecule has 0 bridgehead atoms. The minimum atomic E-state index is -0.867. The molecule has 0 aliphatic carbocycles. The molecule has 0 aromatic carbocycles. The summed E-state index contributed by atoms with van der Waals surface area (Å²) in [7, 11) is 0. The molecular formula is C14H17N3O3S. The fourth-order valence-corrected chi connectivity index (χ4v) is 2.58. The lowest BCUT2D eigenvalue weighted by atomic mass is 10.1. The van der Waals surface area contributed by atoms with E-state index in [1.54, 1.807) is 6.92 Å². The number of nitrogens with zero attached hydrogens (tertiary/aromatic N) is 2. The standard InChI is InChI=1S/C14H17N3O3S/c1-9(7-11(18)19)8-15-13(20)12-10-5-3-4-6-17(10)14(16-12)21-2/h3-6,9H,7-8H2,1-2H3,(H,15,20)(H,18,19). The number of carboxylic acids is 1. The molecule has 7 heteroatoms. The van der Waals surface area contributed by atoms with Crippen molar-refractivity contribution in [3.05, 3.63) is 30.1 Å². The normalized spacial score (nSPS) is 12.3. The average Bonchev–Trinajstić information content (AvgIpc) is 2.83. The zero-order chi connectivity index (χ0) is 15.4. The zero-order valence-electron chi connectivity index (χ0n) is 11.9. The van der Waals surface area contributed by atoms with Crippen molar-refractivity contribution in [2.45, 2.75) is 18.5 Å². The number of aromatic nitrogens is 2. The Morgan fingerprint density at radius 2 is 2.24 bits per heavy atom. The fraction of sp³-hybridized carbons (Fsp3) is 0.357. The molecule has 0 spiro atoms. The van der Waals surface area contributed by atoms with Crippen molar-refractivity contribution in [3.8, 4) is 0 Å². The van der Waals surface area contributed by atoms with Gasteiger partial charge in [-0.15, -0.1) is 0 Å². The molecule has 0 saturated heterocycles. The van der Waals surface area contributed by atoms with Crippen LogP contribution in [0.15, 0.2) is 29.6 Å². The lowest BCUT2D eigenvalue weighted by Gasteiger charge is -2.09. The highest BCUT2D eigenvalue weighted by Gasteiger charge is 2.17. The highest BCUT2D eigenvalue weighted by atomic mass is 32.2. The van der Waals surface area contributed by atoms with Gasteiger partial charge in [-0.05, 0) is 24.3 Å². The van der Waals surface area contributed by atoms with E-state index in [-0.39, 0.29) is 18.2 Å². The highest BCUT2D eigenvalue weighted by Crippen LogP contribution is 2.19. The van der Waals surface area contributed by atoms with Crippen LogP contribution < -0.4 is 5.32 Å². The molecule has 2 aromatic heterocycles. The molecule has 1 unspecified atom stereocenters. The summed E-state index contributed by atoms with van der Waals surface area (Å²) in [5.41, 5.74) is 1.10. The van der Waals surface area contributed by atoms with Gasteiger partial charge < -0.3 is 10.4 Å². The number of amides is 1. The SMILES string of the molecule is CSc1nc(C(=O)NCC(C)CC(=O)O)c2ccccn12. The summed E-state index contributed by atoms with van der Waals surface area (Å²) in [6.07, 6.45) is 3.79. The van der Waals surface area contributed by atoms with Crippen LogP contribution in [-0.2, 0) is 4.79 Å². The van der Waals surface area contributed by atoms with E-state index in [0.717, 1.165) is 10.7 Å². The number of nitrogens with one attached hydrogen (secondary N) is 1. The molecular weight excluding hydrogens is 290 g/mol.